The number of halogens is 2. The highest BCUT2D eigenvalue weighted by atomic mass is 19.1. The molecule has 0 spiro atoms. The van der Waals surface area contributed by atoms with E-state index in [9.17, 15) is 18.4 Å². The summed E-state index contributed by atoms with van der Waals surface area (Å²) in [6, 6.07) is 9.37. The summed E-state index contributed by atoms with van der Waals surface area (Å²) in [6.45, 7) is 0.875. The molecule has 0 aliphatic rings. The molecule has 2 aromatic carbocycles. The van der Waals surface area contributed by atoms with Gasteiger partial charge in [-0.2, -0.15) is 0 Å². The van der Waals surface area contributed by atoms with E-state index in [4.69, 9.17) is 0 Å². The van der Waals surface area contributed by atoms with Crippen LogP contribution in [0.2, 0.25) is 0 Å². The third-order valence-electron chi connectivity index (χ3n) is 4.21. The summed E-state index contributed by atoms with van der Waals surface area (Å²) in [6.07, 6.45) is 2.35. The van der Waals surface area contributed by atoms with E-state index in [-0.39, 0.29) is 30.8 Å². The van der Waals surface area contributed by atoms with Crippen molar-refractivity contribution in [3.63, 3.8) is 0 Å². The lowest BCUT2D eigenvalue weighted by Crippen LogP contribution is -2.40. The Kier molecular flexibility index (Phi) is 6.21. The van der Waals surface area contributed by atoms with Gasteiger partial charge in [0.2, 0.25) is 0 Å². The summed E-state index contributed by atoms with van der Waals surface area (Å²) >= 11 is 0. The largest absolute Gasteiger partial charge is 0.361 e. The Balaban J connectivity index is 1.35. The summed E-state index contributed by atoms with van der Waals surface area (Å²) in [5.41, 5.74) is 2.11. The first-order valence-corrected chi connectivity index (χ1v) is 8.84. The van der Waals surface area contributed by atoms with Crippen LogP contribution in [0, 0.1) is 11.6 Å². The van der Waals surface area contributed by atoms with E-state index in [1.165, 1.54) is 36.4 Å². The van der Waals surface area contributed by atoms with Crippen LogP contribution in [0.4, 0.5) is 13.6 Å². The van der Waals surface area contributed by atoms with Gasteiger partial charge in [-0.15, -0.1) is 0 Å². The van der Waals surface area contributed by atoms with Crippen LogP contribution in [-0.2, 0) is 6.42 Å². The molecule has 0 fully saturated rings. The number of benzene rings is 2. The van der Waals surface area contributed by atoms with Gasteiger partial charge in [-0.05, 0) is 54.4 Å². The molecule has 0 unspecified atom stereocenters. The first-order valence-electron chi connectivity index (χ1n) is 8.84. The van der Waals surface area contributed by atoms with Crippen LogP contribution < -0.4 is 16.0 Å². The van der Waals surface area contributed by atoms with Crippen molar-refractivity contribution in [2.24, 2.45) is 0 Å². The summed E-state index contributed by atoms with van der Waals surface area (Å²) in [7, 11) is 0. The predicted molar refractivity (Wildman–Crippen MR) is 102 cm³/mol. The molecule has 0 saturated heterocycles. The minimum atomic E-state index is -0.410. The molecule has 146 valence electrons. The van der Waals surface area contributed by atoms with Crippen molar-refractivity contribution in [1.29, 1.82) is 0 Å². The molecular weight excluding hydrogens is 366 g/mol. The van der Waals surface area contributed by atoms with Gasteiger partial charge in [0, 0.05) is 42.3 Å². The van der Waals surface area contributed by atoms with Gasteiger partial charge in [0.25, 0.3) is 5.91 Å². The summed E-state index contributed by atoms with van der Waals surface area (Å²) in [5, 5.41) is 8.78. The van der Waals surface area contributed by atoms with Crippen molar-refractivity contribution in [2.75, 3.05) is 19.6 Å². The maximum atomic E-state index is 13.4. The molecule has 1 heterocycles. The van der Waals surface area contributed by atoms with Gasteiger partial charge in [-0.1, -0.05) is 0 Å². The number of carbonyl (C=O) groups excluding carboxylic acids is 2. The Morgan fingerprint density at radius 3 is 2.32 bits per heavy atom. The van der Waals surface area contributed by atoms with E-state index in [2.05, 4.69) is 20.9 Å². The van der Waals surface area contributed by atoms with Crippen molar-refractivity contribution in [2.45, 2.75) is 6.42 Å². The highest BCUT2D eigenvalue weighted by Gasteiger charge is 2.07. The fourth-order valence-corrected chi connectivity index (χ4v) is 2.79. The van der Waals surface area contributed by atoms with Gasteiger partial charge in [0.05, 0.1) is 0 Å². The molecular formula is C20H20F2N4O2. The molecule has 0 radical (unpaired) electrons. The Labute approximate surface area is 160 Å². The zero-order chi connectivity index (χ0) is 19.9. The number of rotatable bonds is 7. The lowest BCUT2D eigenvalue weighted by atomic mass is 10.1. The molecule has 3 rings (SSSR count). The molecule has 1 aromatic heterocycles. The Morgan fingerprint density at radius 2 is 1.54 bits per heavy atom. The predicted octanol–water partition coefficient (Wildman–Crippen LogP) is 2.72. The summed E-state index contributed by atoms with van der Waals surface area (Å²) < 4.78 is 26.2. The van der Waals surface area contributed by atoms with E-state index >= 15 is 0 Å². The fourth-order valence-electron chi connectivity index (χ4n) is 2.79. The quantitative estimate of drug-likeness (QED) is 0.471. The maximum Gasteiger partial charge on any atom is 0.314 e. The molecule has 3 aromatic rings. The second-order valence-electron chi connectivity index (χ2n) is 6.20. The van der Waals surface area contributed by atoms with Crippen molar-refractivity contribution >= 4 is 22.8 Å². The van der Waals surface area contributed by atoms with Gasteiger partial charge >= 0.3 is 6.03 Å². The average Bonchev–Trinajstić information content (AvgIpc) is 3.08. The molecule has 28 heavy (non-hydrogen) atoms. The topological polar surface area (TPSA) is 86.0 Å². The van der Waals surface area contributed by atoms with Crippen molar-refractivity contribution in [1.82, 2.24) is 20.9 Å². The minimum absolute atomic E-state index is 0.241. The third-order valence-corrected chi connectivity index (χ3v) is 4.21. The molecule has 6 nitrogen and oxygen atoms in total. The number of fused-ring (bicyclic) bond motifs is 1. The second kappa shape index (κ2) is 8.98. The molecule has 4 N–H and O–H groups in total. The number of H-pyrrole nitrogens is 1. The highest BCUT2D eigenvalue weighted by Crippen LogP contribution is 2.19. The monoisotopic (exact) mass is 386 g/mol. The van der Waals surface area contributed by atoms with E-state index in [1.807, 2.05) is 0 Å². The number of hydrogen-bond donors (Lipinski definition) is 4. The van der Waals surface area contributed by atoms with Crippen molar-refractivity contribution in [3.05, 3.63) is 71.4 Å². The number of aromatic amines is 1. The normalized spacial score (nSPS) is 10.6. The van der Waals surface area contributed by atoms with Gasteiger partial charge in [-0.3, -0.25) is 4.79 Å². The first kappa shape index (κ1) is 19.3. The number of hydrogen-bond acceptors (Lipinski definition) is 2. The van der Waals surface area contributed by atoms with Crippen LogP contribution in [0.15, 0.2) is 48.7 Å². The number of urea groups is 1. The molecule has 0 bridgehead atoms. The SMILES string of the molecule is O=C(NCCNC(=O)c1ccc(F)cc1)NCCc1c[nH]c2ccc(F)cc12. The third kappa shape index (κ3) is 5.06. The Morgan fingerprint density at radius 1 is 0.857 bits per heavy atom. The molecule has 0 aliphatic carbocycles. The van der Waals surface area contributed by atoms with Gasteiger partial charge in [0.1, 0.15) is 11.6 Å². The first-order chi connectivity index (χ1) is 13.5. The average molecular weight is 386 g/mol. The fraction of sp³-hybridized carbons (Fsp3) is 0.200. The van der Waals surface area contributed by atoms with Crippen LogP contribution in [0.5, 0.6) is 0 Å². The van der Waals surface area contributed by atoms with Crippen LogP contribution in [0.25, 0.3) is 10.9 Å². The maximum absolute atomic E-state index is 13.4. The smallest absolute Gasteiger partial charge is 0.314 e. The number of nitrogens with one attached hydrogen (secondary N) is 4. The van der Waals surface area contributed by atoms with Gasteiger partial charge in [-0.25, -0.2) is 13.6 Å². The van der Waals surface area contributed by atoms with E-state index in [1.54, 1.807) is 12.3 Å². The lowest BCUT2D eigenvalue weighted by Gasteiger charge is -2.08. The molecule has 0 saturated carbocycles. The van der Waals surface area contributed by atoms with Crippen LogP contribution in [-0.4, -0.2) is 36.6 Å². The van der Waals surface area contributed by atoms with Gasteiger partial charge in [0.15, 0.2) is 0 Å². The van der Waals surface area contributed by atoms with E-state index < -0.39 is 5.82 Å². The molecule has 0 atom stereocenters. The summed E-state index contributed by atoms with van der Waals surface area (Å²) in [5.74, 6) is -1.05. The molecule has 3 amide bonds. The van der Waals surface area contributed by atoms with Crippen LogP contribution in [0.3, 0.4) is 0 Å². The van der Waals surface area contributed by atoms with E-state index in [0.29, 0.717) is 18.5 Å². The van der Waals surface area contributed by atoms with Crippen molar-refractivity contribution in [3.8, 4) is 0 Å². The number of carbonyl (C=O) groups is 2. The molecule has 0 aliphatic heterocycles. The minimum Gasteiger partial charge on any atom is -0.361 e. The highest BCUT2D eigenvalue weighted by molar-refractivity contribution is 5.94. The Hall–Kier alpha value is -3.42. The Bertz CT molecular complexity index is 970. The van der Waals surface area contributed by atoms with E-state index in [0.717, 1.165) is 16.5 Å². The second-order valence-corrected chi connectivity index (χ2v) is 6.20. The number of aromatic nitrogens is 1. The molecule has 8 heteroatoms. The van der Waals surface area contributed by atoms with Crippen LogP contribution in [0.1, 0.15) is 15.9 Å². The van der Waals surface area contributed by atoms with Gasteiger partial charge < -0.3 is 20.9 Å². The lowest BCUT2D eigenvalue weighted by molar-refractivity contribution is 0.0953. The summed E-state index contributed by atoms with van der Waals surface area (Å²) in [4.78, 5) is 26.7. The standard InChI is InChI=1S/C20H20F2N4O2/c21-15-3-1-13(2-4-15)19(27)23-9-10-25-20(28)24-8-7-14-12-26-18-6-5-16(22)11-17(14)18/h1-6,11-12,26H,7-10H2,(H,23,27)(H2,24,25,28). The number of amides is 3. The van der Waals surface area contributed by atoms with Crippen LogP contribution >= 0.6 is 0 Å². The zero-order valence-electron chi connectivity index (χ0n) is 15.0. The van der Waals surface area contributed by atoms with Crippen molar-refractivity contribution < 1.29 is 18.4 Å². The zero-order valence-corrected chi connectivity index (χ0v) is 15.0.